The van der Waals surface area contributed by atoms with Crippen LogP contribution in [0.25, 0.3) is 0 Å². The molecule has 0 aromatic heterocycles. The molecule has 5 rings (SSSR count). The van der Waals surface area contributed by atoms with Crippen molar-refractivity contribution in [3.8, 4) is 5.75 Å². The van der Waals surface area contributed by atoms with Gasteiger partial charge in [-0.3, -0.25) is 0 Å². The Labute approximate surface area is 204 Å². The highest BCUT2D eigenvalue weighted by Gasteiger charge is 2.34. The maximum absolute atomic E-state index is 13.9. The summed E-state index contributed by atoms with van der Waals surface area (Å²) in [5, 5.41) is 12.0. The van der Waals surface area contributed by atoms with Crippen LogP contribution < -0.4 is 4.89 Å². The Kier molecular flexibility index (Phi) is 6.91. The van der Waals surface area contributed by atoms with Crippen molar-refractivity contribution < 1.29 is 24.0 Å². The fraction of sp³-hybridized carbons (Fsp3) is 0.200. The van der Waals surface area contributed by atoms with Gasteiger partial charge in [-0.15, -0.1) is 0 Å². The van der Waals surface area contributed by atoms with Crippen molar-refractivity contribution in [1.82, 2.24) is 0 Å². The van der Waals surface area contributed by atoms with Crippen molar-refractivity contribution >= 4 is 0 Å². The second-order valence-electron chi connectivity index (χ2n) is 8.86. The molecular formula is C30H27FO4. The van der Waals surface area contributed by atoms with Crippen LogP contribution >= 0.6 is 0 Å². The fourth-order valence-electron chi connectivity index (χ4n) is 4.47. The molecule has 4 aromatic carbocycles. The maximum atomic E-state index is 13.9. The van der Waals surface area contributed by atoms with Gasteiger partial charge in [-0.1, -0.05) is 78.9 Å². The molecular weight excluding hydrogens is 443 g/mol. The van der Waals surface area contributed by atoms with Gasteiger partial charge in [-0.05, 0) is 46.5 Å². The standard InChI is InChI=1S/C30H27FO4/c31-27-13-7-10-23(16-27)19-30(32,25-11-5-2-6-12-25)26-14-15-29-24(17-26)18-28(34-35-29)21-33-20-22-8-3-1-4-9-22/h1-17,28,32H,18-21H2. The molecule has 2 atom stereocenters. The highest BCUT2D eigenvalue weighted by atomic mass is 19.1. The van der Waals surface area contributed by atoms with Gasteiger partial charge in [-0.2, -0.15) is 4.89 Å². The van der Waals surface area contributed by atoms with Crippen molar-refractivity contribution in [2.24, 2.45) is 0 Å². The molecule has 0 radical (unpaired) electrons. The van der Waals surface area contributed by atoms with Crippen molar-refractivity contribution in [1.29, 1.82) is 0 Å². The number of halogens is 1. The highest BCUT2D eigenvalue weighted by Crippen LogP contribution is 2.37. The van der Waals surface area contributed by atoms with Crippen molar-refractivity contribution in [2.75, 3.05) is 6.61 Å². The van der Waals surface area contributed by atoms with E-state index in [1.54, 1.807) is 6.07 Å². The van der Waals surface area contributed by atoms with Crippen LogP contribution in [0, 0.1) is 5.82 Å². The van der Waals surface area contributed by atoms with Gasteiger partial charge in [0.2, 0.25) is 0 Å². The first kappa shape index (κ1) is 23.2. The third-order valence-electron chi connectivity index (χ3n) is 6.28. The first-order valence-corrected chi connectivity index (χ1v) is 11.7. The Bertz CT molecular complexity index is 1260. The van der Waals surface area contributed by atoms with Crippen molar-refractivity contribution in [3.05, 3.63) is 137 Å². The summed E-state index contributed by atoms with van der Waals surface area (Å²) >= 11 is 0. The molecule has 0 spiro atoms. The lowest BCUT2D eigenvalue weighted by Gasteiger charge is -2.31. The van der Waals surface area contributed by atoms with Crippen LogP contribution in [-0.4, -0.2) is 17.8 Å². The number of ether oxygens (including phenoxy) is 1. The van der Waals surface area contributed by atoms with E-state index < -0.39 is 5.60 Å². The van der Waals surface area contributed by atoms with Crippen LogP contribution in [0.15, 0.2) is 103 Å². The van der Waals surface area contributed by atoms with Gasteiger partial charge in [0, 0.05) is 18.4 Å². The summed E-state index contributed by atoms with van der Waals surface area (Å²) in [4.78, 5) is 11.1. The molecule has 1 aliphatic rings. The normalized spacial score (nSPS) is 16.7. The molecule has 0 fully saturated rings. The van der Waals surface area contributed by atoms with E-state index in [1.807, 2.05) is 84.9 Å². The molecule has 4 aromatic rings. The molecule has 1 heterocycles. The summed E-state index contributed by atoms with van der Waals surface area (Å²) in [5.41, 5.74) is 2.83. The zero-order valence-corrected chi connectivity index (χ0v) is 19.3. The zero-order valence-electron chi connectivity index (χ0n) is 19.3. The van der Waals surface area contributed by atoms with Gasteiger partial charge in [0.1, 0.15) is 17.5 Å². The monoisotopic (exact) mass is 470 g/mol. The number of rotatable bonds is 8. The van der Waals surface area contributed by atoms with Crippen molar-refractivity contribution in [2.45, 2.75) is 31.2 Å². The molecule has 2 unspecified atom stereocenters. The quantitative estimate of drug-likeness (QED) is 0.333. The van der Waals surface area contributed by atoms with E-state index >= 15 is 0 Å². The lowest BCUT2D eigenvalue weighted by Crippen LogP contribution is -2.32. The molecule has 0 amide bonds. The van der Waals surface area contributed by atoms with Crippen LogP contribution in [0.5, 0.6) is 5.75 Å². The van der Waals surface area contributed by atoms with Crippen LogP contribution in [0.4, 0.5) is 4.39 Å². The lowest BCUT2D eigenvalue weighted by molar-refractivity contribution is -0.265. The second kappa shape index (κ2) is 10.4. The Morgan fingerprint density at radius 3 is 2.34 bits per heavy atom. The van der Waals surface area contributed by atoms with E-state index in [2.05, 4.69) is 0 Å². The van der Waals surface area contributed by atoms with E-state index in [4.69, 9.17) is 14.5 Å². The molecule has 5 heteroatoms. The van der Waals surface area contributed by atoms with Gasteiger partial charge < -0.3 is 14.7 Å². The number of hydrogen-bond donors (Lipinski definition) is 1. The Hall–Kier alpha value is -3.51. The van der Waals surface area contributed by atoms with E-state index in [1.165, 1.54) is 12.1 Å². The summed E-state index contributed by atoms with van der Waals surface area (Å²) in [6, 6.07) is 31.4. The predicted molar refractivity (Wildman–Crippen MR) is 131 cm³/mol. The highest BCUT2D eigenvalue weighted by molar-refractivity contribution is 5.45. The van der Waals surface area contributed by atoms with Gasteiger partial charge >= 0.3 is 0 Å². The minimum atomic E-state index is -1.35. The smallest absolute Gasteiger partial charge is 0.168 e. The van der Waals surface area contributed by atoms with Gasteiger partial charge in [0.05, 0.1) is 13.2 Å². The average Bonchev–Trinajstić information content (AvgIpc) is 2.89. The molecule has 0 saturated heterocycles. The van der Waals surface area contributed by atoms with Crippen LogP contribution in [0.1, 0.15) is 27.8 Å². The third-order valence-corrected chi connectivity index (χ3v) is 6.28. The predicted octanol–water partition coefficient (Wildman–Crippen LogP) is 5.76. The molecule has 1 N–H and O–H groups in total. The summed E-state index contributed by atoms with van der Waals surface area (Å²) in [6.45, 7) is 0.875. The number of aliphatic hydroxyl groups is 1. The van der Waals surface area contributed by atoms with Gasteiger partial charge in [-0.25, -0.2) is 4.39 Å². The lowest BCUT2D eigenvalue weighted by atomic mass is 9.80. The van der Waals surface area contributed by atoms with Crippen LogP contribution in [-0.2, 0) is 34.7 Å². The molecule has 35 heavy (non-hydrogen) atoms. The first-order valence-electron chi connectivity index (χ1n) is 11.7. The number of hydrogen-bond acceptors (Lipinski definition) is 4. The summed E-state index contributed by atoms with van der Waals surface area (Å²) in [6.07, 6.45) is 0.548. The Balaban J connectivity index is 1.37. The first-order chi connectivity index (χ1) is 17.1. The second-order valence-corrected chi connectivity index (χ2v) is 8.86. The third kappa shape index (κ3) is 5.43. The minimum Gasteiger partial charge on any atom is -0.380 e. The maximum Gasteiger partial charge on any atom is 0.168 e. The molecule has 178 valence electrons. The Morgan fingerprint density at radius 2 is 1.57 bits per heavy atom. The molecule has 4 nitrogen and oxygen atoms in total. The van der Waals surface area contributed by atoms with Gasteiger partial charge in [0.25, 0.3) is 0 Å². The fourth-order valence-corrected chi connectivity index (χ4v) is 4.47. The zero-order chi connectivity index (χ0) is 24.1. The van der Waals surface area contributed by atoms with E-state index in [-0.39, 0.29) is 18.3 Å². The van der Waals surface area contributed by atoms with E-state index in [9.17, 15) is 9.50 Å². The number of fused-ring (bicyclic) bond motifs is 1. The SMILES string of the molecule is OC(Cc1cccc(F)c1)(c1ccccc1)c1ccc2c(c1)CC(COCc1ccccc1)OO2. The summed E-state index contributed by atoms with van der Waals surface area (Å²) < 4.78 is 19.7. The minimum absolute atomic E-state index is 0.231. The summed E-state index contributed by atoms with van der Waals surface area (Å²) in [7, 11) is 0. The molecule has 0 saturated carbocycles. The van der Waals surface area contributed by atoms with E-state index in [0.717, 1.165) is 16.7 Å². The summed E-state index contributed by atoms with van der Waals surface area (Å²) in [5.74, 6) is 0.293. The molecule has 0 aliphatic carbocycles. The van der Waals surface area contributed by atoms with Crippen LogP contribution in [0.3, 0.4) is 0 Å². The number of benzene rings is 4. The molecule has 0 bridgehead atoms. The topological polar surface area (TPSA) is 47.9 Å². The van der Waals surface area contributed by atoms with Gasteiger partial charge in [0.15, 0.2) is 5.75 Å². The van der Waals surface area contributed by atoms with Crippen LogP contribution in [0.2, 0.25) is 0 Å². The largest absolute Gasteiger partial charge is 0.380 e. The van der Waals surface area contributed by atoms with E-state index in [0.29, 0.717) is 36.5 Å². The Morgan fingerprint density at radius 1 is 0.829 bits per heavy atom. The van der Waals surface area contributed by atoms with Crippen molar-refractivity contribution in [3.63, 3.8) is 0 Å². The average molecular weight is 471 g/mol. The molecule has 1 aliphatic heterocycles.